The van der Waals surface area contributed by atoms with Gasteiger partial charge in [-0.25, -0.2) is 4.98 Å². The van der Waals surface area contributed by atoms with Gasteiger partial charge in [-0.15, -0.1) is 0 Å². The van der Waals surface area contributed by atoms with Gasteiger partial charge in [0.2, 0.25) is 0 Å². The van der Waals surface area contributed by atoms with Gasteiger partial charge < -0.3 is 20.1 Å². The van der Waals surface area contributed by atoms with Crippen LogP contribution in [0.2, 0.25) is 10.0 Å². The summed E-state index contributed by atoms with van der Waals surface area (Å²) in [6.45, 7) is 7.94. The van der Waals surface area contributed by atoms with E-state index in [-0.39, 0.29) is 11.3 Å². The van der Waals surface area contributed by atoms with E-state index in [4.69, 9.17) is 43.8 Å². The van der Waals surface area contributed by atoms with E-state index in [0.29, 0.717) is 55.3 Å². The number of ether oxygens (including phenoxy) is 2. The Kier molecular flexibility index (Phi) is 7.29. The molecule has 0 amide bonds. The number of hydrogen-bond donors (Lipinski definition) is 2. The lowest BCUT2D eigenvalue weighted by Crippen LogP contribution is -2.71. The van der Waals surface area contributed by atoms with Crippen molar-refractivity contribution in [1.82, 2.24) is 14.9 Å². The number of methoxy groups -OCH3 is 1. The molecular formula is C28H29Cl2N7O2. The molecule has 0 unspecified atom stereocenters. The van der Waals surface area contributed by atoms with E-state index in [0.717, 1.165) is 26.2 Å². The van der Waals surface area contributed by atoms with Crippen molar-refractivity contribution in [2.24, 2.45) is 0 Å². The molecule has 0 aliphatic carbocycles. The van der Waals surface area contributed by atoms with Crippen LogP contribution in [0.15, 0.2) is 36.8 Å². The van der Waals surface area contributed by atoms with Crippen molar-refractivity contribution < 1.29 is 9.47 Å². The molecule has 3 aromatic rings. The van der Waals surface area contributed by atoms with Gasteiger partial charge in [-0.3, -0.25) is 15.3 Å². The number of nitriles is 1. The van der Waals surface area contributed by atoms with Gasteiger partial charge in [0.05, 0.1) is 34.0 Å². The predicted molar refractivity (Wildman–Crippen MR) is 152 cm³/mol. The molecule has 0 saturated carbocycles. The molecule has 2 aliphatic heterocycles. The summed E-state index contributed by atoms with van der Waals surface area (Å²) in [6.07, 6.45) is 5.30. The summed E-state index contributed by atoms with van der Waals surface area (Å²) >= 11 is 12.6. The van der Waals surface area contributed by atoms with E-state index in [1.807, 2.05) is 0 Å². The minimum Gasteiger partial charge on any atom is -0.493 e. The topological polar surface area (TPSA) is 124 Å². The zero-order valence-corrected chi connectivity index (χ0v) is 23.5. The molecule has 3 N–H and O–H groups in total. The van der Waals surface area contributed by atoms with Crippen LogP contribution < -0.4 is 20.1 Å². The van der Waals surface area contributed by atoms with Crippen LogP contribution in [0.5, 0.6) is 11.5 Å². The van der Waals surface area contributed by atoms with Crippen LogP contribution in [0, 0.1) is 16.7 Å². The van der Waals surface area contributed by atoms with Crippen molar-refractivity contribution in [3.05, 3.63) is 69.1 Å². The third-order valence-corrected chi connectivity index (χ3v) is 8.07. The monoisotopic (exact) mass is 565 g/mol. The molecule has 11 heteroatoms. The molecule has 5 rings (SSSR count). The van der Waals surface area contributed by atoms with Crippen molar-refractivity contribution in [2.75, 3.05) is 43.9 Å². The van der Waals surface area contributed by atoms with Gasteiger partial charge >= 0.3 is 0 Å². The molecule has 202 valence electrons. The number of benzene rings is 1. The highest BCUT2D eigenvalue weighted by Crippen LogP contribution is 2.39. The standard InChI is InChI=1S/C28H29Cl2N7O2/c1-16(25-20(29)12-34-13-21(25)30)39-24-8-19(22(32)9-23(24)38-3)26(33)18-7-17(10-31)27(35-11-18)36-14-28(2,15-36)37-5-4-6-37/h7-9,11-13,16,33H,4-6,14-15,32H2,1-3H3/t16-/m1/s1. The largest absolute Gasteiger partial charge is 0.493 e. The van der Waals surface area contributed by atoms with E-state index < -0.39 is 6.10 Å². The Labute approximate surface area is 237 Å². The van der Waals surface area contributed by atoms with Crippen molar-refractivity contribution in [3.63, 3.8) is 0 Å². The number of nitrogens with one attached hydrogen (secondary N) is 1. The Bertz CT molecular complexity index is 1460. The summed E-state index contributed by atoms with van der Waals surface area (Å²) in [5, 5.41) is 19.6. The van der Waals surface area contributed by atoms with E-state index in [2.05, 4.69) is 32.8 Å². The number of aromatic nitrogens is 2. The van der Waals surface area contributed by atoms with Crippen LogP contribution in [0.25, 0.3) is 0 Å². The number of hydrogen-bond acceptors (Lipinski definition) is 9. The van der Waals surface area contributed by atoms with Crippen LogP contribution >= 0.6 is 23.2 Å². The predicted octanol–water partition coefficient (Wildman–Crippen LogP) is 5.09. The first-order valence-corrected chi connectivity index (χ1v) is 13.3. The SMILES string of the molecule is COc1cc(N)c(C(=N)c2cnc(N3CC(C)(N4CCC4)C3)c(C#N)c2)cc1O[C@H](C)c1c(Cl)cncc1Cl. The molecule has 4 heterocycles. The fourth-order valence-electron chi connectivity index (χ4n) is 5.17. The Morgan fingerprint density at radius 3 is 2.44 bits per heavy atom. The van der Waals surface area contributed by atoms with Crippen molar-refractivity contribution in [1.29, 1.82) is 10.7 Å². The molecule has 2 aromatic heterocycles. The van der Waals surface area contributed by atoms with Crippen LogP contribution in [0.4, 0.5) is 11.5 Å². The van der Waals surface area contributed by atoms with Gasteiger partial charge in [-0.2, -0.15) is 5.26 Å². The van der Waals surface area contributed by atoms with Crippen LogP contribution in [-0.2, 0) is 0 Å². The minimum atomic E-state index is -0.544. The van der Waals surface area contributed by atoms with Gasteiger partial charge in [0, 0.05) is 73.2 Å². The number of nitrogens with two attached hydrogens (primary N) is 1. The highest BCUT2D eigenvalue weighted by Gasteiger charge is 2.46. The number of halogens is 2. The van der Waals surface area contributed by atoms with Gasteiger partial charge in [-0.05, 0) is 32.4 Å². The number of nitrogen functional groups attached to an aromatic ring is 1. The maximum Gasteiger partial charge on any atom is 0.162 e. The summed E-state index contributed by atoms with van der Waals surface area (Å²) in [7, 11) is 1.51. The van der Waals surface area contributed by atoms with Crippen LogP contribution in [-0.4, -0.2) is 59.4 Å². The number of nitrogens with zero attached hydrogens (tertiary/aromatic N) is 5. The van der Waals surface area contributed by atoms with E-state index in [1.165, 1.54) is 25.9 Å². The summed E-state index contributed by atoms with van der Waals surface area (Å²) in [4.78, 5) is 13.2. The minimum absolute atomic E-state index is 0.109. The van der Waals surface area contributed by atoms with Gasteiger partial charge in [0.25, 0.3) is 0 Å². The molecule has 39 heavy (non-hydrogen) atoms. The maximum atomic E-state index is 9.89. The van der Waals surface area contributed by atoms with Crippen molar-refractivity contribution in [2.45, 2.75) is 31.9 Å². The molecule has 0 bridgehead atoms. The lowest BCUT2D eigenvalue weighted by Gasteiger charge is -2.57. The van der Waals surface area contributed by atoms with E-state index in [9.17, 15) is 5.26 Å². The maximum absolute atomic E-state index is 9.89. The second-order valence-electron chi connectivity index (χ2n) is 10.1. The molecule has 2 aliphatic rings. The molecule has 2 fully saturated rings. The molecular weight excluding hydrogens is 537 g/mol. The number of anilines is 2. The first-order valence-electron chi connectivity index (χ1n) is 12.6. The molecule has 1 atom stereocenters. The van der Waals surface area contributed by atoms with Crippen molar-refractivity contribution >= 4 is 40.4 Å². The smallest absolute Gasteiger partial charge is 0.162 e. The fourth-order valence-corrected chi connectivity index (χ4v) is 5.84. The number of likely N-dealkylation sites (tertiary alicyclic amines) is 1. The Morgan fingerprint density at radius 1 is 1.15 bits per heavy atom. The third-order valence-electron chi connectivity index (χ3n) is 7.46. The highest BCUT2D eigenvalue weighted by molar-refractivity contribution is 6.35. The van der Waals surface area contributed by atoms with Gasteiger partial charge in [0.15, 0.2) is 11.5 Å². The average Bonchev–Trinajstić information content (AvgIpc) is 2.86. The molecule has 9 nitrogen and oxygen atoms in total. The summed E-state index contributed by atoms with van der Waals surface area (Å²) in [6, 6.07) is 7.19. The highest BCUT2D eigenvalue weighted by atomic mass is 35.5. The molecule has 0 spiro atoms. The average molecular weight is 566 g/mol. The van der Waals surface area contributed by atoms with Crippen LogP contribution in [0.1, 0.15) is 48.6 Å². The molecule has 1 aromatic carbocycles. The summed E-state index contributed by atoms with van der Waals surface area (Å²) < 4.78 is 11.7. The third kappa shape index (κ3) is 4.96. The van der Waals surface area contributed by atoms with Gasteiger partial charge in [0.1, 0.15) is 18.0 Å². The normalized spacial score (nSPS) is 17.0. The van der Waals surface area contributed by atoms with E-state index >= 15 is 0 Å². The lowest BCUT2D eigenvalue weighted by atomic mass is 9.87. The van der Waals surface area contributed by atoms with Crippen molar-refractivity contribution in [3.8, 4) is 17.6 Å². The van der Waals surface area contributed by atoms with E-state index in [1.54, 1.807) is 31.3 Å². The first kappa shape index (κ1) is 27.0. The molecule has 0 radical (unpaired) electrons. The Morgan fingerprint density at radius 2 is 1.85 bits per heavy atom. The fraction of sp³-hybridized carbons (Fsp3) is 0.357. The lowest BCUT2D eigenvalue weighted by molar-refractivity contribution is 0.0206. The van der Waals surface area contributed by atoms with Crippen LogP contribution in [0.3, 0.4) is 0 Å². The second kappa shape index (κ2) is 10.5. The number of rotatable bonds is 8. The van der Waals surface area contributed by atoms with Gasteiger partial charge in [-0.1, -0.05) is 23.2 Å². The Hall–Kier alpha value is -3.58. The Balaban J connectivity index is 1.41. The zero-order chi connectivity index (χ0) is 27.9. The summed E-state index contributed by atoms with van der Waals surface area (Å²) in [5.41, 5.74) is 8.76. The zero-order valence-electron chi connectivity index (χ0n) is 22.0. The number of pyridine rings is 2. The first-order chi connectivity index (χ1) is 18.6. The summed E-state index contributed by atoms with van der Waals surface area (Å²) in [5.74, 6) is 1.39. The second-order valence-corrected chi connectivity index (χ2v) is 11.0. The quantitative estimate of drug-likeness (QED) is 0.286. The molecule has 2 saturated heterocycles.